The maximum atomic E-state index is 12.6. The van der Waals surface area contributed by atoms with Crippen molar-refractivity contribution in [3.8, 4) is 11.5 Å². The Balaban J connectivity index is 2.41. The van der Waals surface area contributed by atoms with Gasteiger partial charge in [0.2, 0.25) is 0 Å². The smallest absolute Gasteiger partial charge is 0.267 e. The van der Waals surface area contributed by atoms with Crippen LogP contribution < -0.4 is 9.47 Å². The minimum absolute atomic E-state index is 0.139. The van der Waals surface area contributed by atoms with Crippen molar-refractivity contribution in [2.75, 3.05) is 33.6 Å². The van der Waals surface area contributed by atoms with Crippen molar-refractivity contribution in [2.24, 2.45) is 4.99 Å². The minimum Gasteiger partial charge on any atom is -0.496 e. The van der Waals surface area contributed by atoms with E-state index in [1.807, 2.05) is 6.26 Å². The summed E-state index contributed by atoms with van der Waals surface area (Å²) in [5, 5.41) is 0.734. The van der Waals surface area contributed by atoms with E-state index >= 15 is 0 Å². The Morgan fingerprint density at radius 2 is 1.95 bits per heavy atom. The molecule has 0 N–H and O–H groups in total. The maximum Gasteiger partial charge on any atom is 0.267 e. The molecule has 102 valence electrons. The Labute approximate surface area is 116 Å². The molecule has 1 aliphatic heterocycles. The Morgan fingerprint density at radius 1 is 1.32 bits per heavy atom. The monoisotopic (exact) mass is 280 g/mol. The van der Waals surface area contributed by atoms with Gasteiger partial charge in [0.15, 0.2) is 5.17 Å². The molecule has 5 nitrogen and oxygen atoms in total. The molecule has 2 rings (SSSR count). The molecule has 6 heteroatoms. The van der Waals surface area contributed by atoms with E-state index in [1.165, 1.54) is 11.8 Å². The molecule has 1 amide bonds. The van der Waals surface area contributed by atoms with Gasteiger partial charge in [-0.3, -0.25) is 14.7 Å². The van der Waals surface area contributed by atoms with Gasteiger partial charge in [0.1, 0.15) is 17.1 Å². The van der Waals surface area contributed by atoms with Gasteiger partial charge in [-0.2, -0.15) is 0 Å². The largest absolute Gasteiger partial charge is 0.496 e. The van der Waals surface area contributed by atoms with Gasteiger partial charge in [0.05, 0.1) is 20.8 Å². The average Bonchev–Trinajstić information content (AvgIpc) is 2.93. The second-order valence-electron chi connectivity index (χ2n) is 3.86. The van der Waals surface area contributed by atoms with E-state index in [2.05, 4.69) is 4.99 Å². The fourth-order valence-corrected chi connectivity index (χ4v) is 2.60. The molecule has 1 heterocycles. The molecule has 0 saturated heterocycles. The Bertz CT molecular complexity index is 494. The molecule has 1 aromatic carbocycles. The first kappa shape index (κ1) is 13.7. The van der Waals surface area contributed by atoms with Crippen molar-refractivity contribution in [3.05, 3.63) is 23.8 Å². The van der Waals surface area contributed by atoms with E-state index in [1.54, 1.807) is 37.3 Å². The van der Waals surface area contributed by atoms with Crippen LogP contribution in [-0.4, -0.2) is 49.5 Å². The summed E-state index contributed by atoms with van der Waals surface area (Å²) in [5.74, 6) is 0.883. The lowest BCUT2D eigenvalue weighted by Crippen LogP contribution is -2.33. The lowest BCUT2D eigenvalue weighted by Gasteiger charge is -2.20. The number of methoxy groups -OCH3 is 2. The summed E-state index contributed by atoms with van der Waals surface area (Å²) in [6.45, 7) is 1.23. The zero-order chi connectivity index (χ0) is 13.8. The number of hydrogen-bond donors (Lipinski definition) is 0. The molecule has 0 bridgehead atoms. The van der Waals surface area contributed by atoms with Gasteiger partial charge >= 0.3 is 0 Å². The molecule has 0 radical (unpaired) electrons. The zero-order valence-corrected chi connectivity index (χ0v) is 12.0. The highest BCUT2D eigenvalue weighted by Crippen LogP contribution is 2.30. The van der Waals surface area contributed by atoms with Gasteiger partial charge in [0.25, 0.3) is 5.91 Å². The van der Waals surface area contributed by atoms with Crippen LogP contribution in [0.5, 0.6) is 11.5 Å². The Morgan fingerprint density at radius 3 is 2.47 bits per heavy atom. The van der Waals surface area contributed by atoms with Gasteiger partial charge in [0, 0.05) is 6.54 Å². The predicted molar refractivity (Wildman–Crippen MR) is 76.4 cm³/mol. The molecule has 1 aromatic rings. The molecule has 0 saturated carbocycles. The third-order valence-corrected chi connectivity index (χ3v) is 3.59. The van der Waals surface area contributed by atoms with Crippen molar-refractivity contribution in [1.82, 2.24) is 4.90 Å². The van der Waals surface area contributed by atoms with E-state index in [-0.39, 0.29) is 5.91 Å². The molecule has 0 unspecified atom stereocenters. The Kier molecular flexibility index (Phi) is 4.31. The molecule has 0 aliphatic carbocycles. The number of thioether (sulfide) groups is 1. The van der Waals surface area contributed by atoms with Gasteiger partial charge in [-0.25, -0.2) is 0 Å². The fraction of sp³-hybridized carbons (Fsp3) is 0.385. The summed E-state index contributed by atoms with van der Waals surface area (Å²) in [6.07, 6.45) is 1.91. The minimum atomic E-state index is -0.139. The topological polar surface area (TPSA) is 51.1 Å². The van der Waals surface area contributed by atoms with Crippen molar-refractivity contribution < 1.29 is 14.3 Å². The molecule has 0 fully saturated rings. The van der Waals surface area contributed by atoms with E-state index in [0.717, 1.165) is 5.17 Å². The summed E-state index contributed by atoms with van der Waals surface area (Å²) in [4.78, 5) is 18.6. The highest BCUT2D eigenvalue weighted by Gasteiger charge is 2.28. The van der Waals surface area contributed by atoms with Crippen LogP contribution in [0.25, 0.3) is 0 Å². The van der Waals surface area contributed by atoms with Crippen LogP contribution in [0.2, 0.25) is 0 Å². The molecule has 19 heavy (non-hydrogen) atoms. The normalized spacial score (nSPS) is 14.3. The number of ether oxygens (including phenoxy) is 2. The van der Waals surface area contributed by atoms with E-state index in [9.17, 15) is 4.79 Å². The molecule has 0 spiro atoms. The Hall–Kier alpha value is -1.69. The summed E-state index contributed by atoms with van der Waals surface area (Å²) in [6, 6.07) is 5.30. The third-order valence-electron chi connectivity index (χ3n) is 2.87. The van der Waals surface area contributed by atoms with E-state index in [4.69, 9.17) is 9.47 Å². The molecular formula is C13H16N2O3S. The van der Waals surface area contributed by atoms with Crippen molar-refractivity contribution in [1.29, 1.82) is 0 Å². The second kappa shape index (κ2) is 5.97. The third kappa shape index (κ3) is 2.53. The molecule has 1 aliphatic rings. The summed E-state index contributed by atoms with van der Waals surface area (Å²) in [7, 11) is 3.08. The fourth-order valence-electron chi connectivity index (χ4n) is 1.99. The van der Waals surface area contributed by atoms with Crippen LogP contribution in [0, 0.1) is 0 Å². The zero-order valence-electron chi connectivity index (χ0n) is 11.2. The predicted octanol–water partition coefficient (Wildman–Crippen LogP) is 1.88. The van der Waals surface area contributed by atoms with Crippen molar-refractivity contribution in [3.63, 3.8) is 0 Å². The highest BCUT2D eigenvalue weighted by molar-refractivity contribution is 8.13. The number of aliphatic imine (C=N–C) groups is 1. The van der Waals surface area contributed by atoms with Gasteiger partial charge in [-0.05, 0) is 18.4 Å². The van der Waals surface area contributed by atoms with Crippen LogP contribution >= 0.6 is 11.8 Å². The lowest BCUT2D eigenvalue weighted by atomic mass is 10.1. The van der Waals surface area contributed by atoms with E-state index in [0.29, 0.717) is 30.2 Å². The number of carbonyl (C=O) groups excluding carboxylic acids is 1. The average molecular weight is 280 g/mol. The quantitative estimate of drug-likeness (QED) is 0.848. The number of nitrogens with zero attached hydrogens (tertiary/aromatic N) is 2. The second-order valence-corrected chi connectivity index (χ2v) is 4.64. The maximum absolute atomic E-state index is 12.6. The molecule has 0 atom stereocenters. The van der Waals surface area contributed by atoms with Crippen LogP contribution in [0.15, 0.2) is 23.2 Å². The van der Waals surface area contributed by atoms with E-state index < -0.39 is 0 Å². The number of carbonyl (C=O) groups is 1. The van der Waals surface area contributed by atoms with Crippen molar-refractivity contribution in [2.45, 2.75) is 0 Å². The number of amidine groups is 1. The van der Waals surface area contributed by atoms with Crippen LogP contribution in [0.1, 0.15) is 10.4 Å². The summed E-state index contributed by atoms with van der Waals surface area (Å²) >= 11 is 1.46. The number of hydrogen-bond acceptors (Lipinski definition) is 5. The molecular weight excluding hydrogens is 264 g/mol. The molecule has 0 aromatic heterocycles. The van der Waals surface area contributed by atoms with Crippen LogP contribution in [-0.2, 0) is 0 Å². The van der Waals surface area contributed by atoms with Crippen LogP contribution in [0.4, 0.5) is 0 Å². The van der Waals surface area contributed by atoms with Crippen LogP contribution in [0.3, 0.4) is 0 Å². The number of rotatable bonds is 3. The number of amides is 1. The first-order chi connectivity index (χ1) is 9.22. The number of benzene rings is 1. The van der Waals surface area contributed by atoms with Gasteiger partial charge in [-0.15, -0.1) is 0 Å². The first-order valence-corrected chi connectivity index (χ1v) is 7.06. The lowest BCUT2D eigenvalue weighted by molar-refractivity contribution is 0.0854. The van der Waals surface area contributed by atoms with Gasteiger partial charge < -0.3 is 9.47 Å². The van der Waals surface area contributed by atoms with Gasteiger partial charge in [-0.1, -0.05) is 17.8 Å². The summed E-state index contributed by atoms with van der Waals surface area (Å²) in [5.41, 5.74) is 0.441. The standard InChI is InChI=1S/C13H16N2O3S/c1-17-9-5-4-6-10(18-2)11(9)12(16)15-8-7-14-13(15)19-3/h4-6H,7-8H2,1-3H3. The van der Waals surface area contributed by atoms with Crippen molar-refractivity contribution >= 4 is 22.8 Å². The first-order valence-electron chi connectivity index (χ1n) is 5.84. The summed E-state index contributed by atoms with van der Waals surface area (Å²) < 4.78 is 10.5. The SMILES string of the molecule is COc1cccc(OC)c1C(=O)N1CCN=C1SC. The highest BCUT2D eigenvalue weighted by atomic mass is 32.2.